The second-order valence-electron chi connectivity index (χ2n) is 5.43. The lowest BCUT2D eigenvalue weighted by Crippen LogP contribution is -2.06. The molecule has 3 aromatic rings. The van der Waals surface area contributed by atoms with E-state index in [0.29, 0.717) is 16.3 Å². The molecule has 0 bridgehead atoms. The maximum absolute atomic E-state index is 12.1. The number of ether oxygens (including phenoxy) is 1. The van der Waals surface area contributed by atoms with Gasteiger partial charge in [-0.05, 0) is 37.4 Å². The van der Waals surface area contributed by atoms with E-state index in [9.17, 15) is 9.59 Å². The summed E-state index contributed by atoms with van der Waals surface area (Å²) in [6.45, 7) is 1.43. The van der Waals surface area contributed by atoms with Crippen molar-refractivity contribution in [3.8, 4) is 0 Å². The molecule has 0 fully saturated rings. The van der Waals surface area contributed by atoms with Gasteiger partial charge in [0.15, 0.2) is 5.78 Å². The van der Waals surface area contributed by atoms with E-state index in [2.05, 4.69) is 9.97 Å². The Morgan fingerprint density at radius 3 is 2.76 bits per heavy atom. The summed E-state index contributed by atoms with van der Waals surface area (Å²) < 4.78 is 5.27. The van der Waals surface area contributed by atoms with Crippen LogP contribution in [0.3, 0.4) is 0 Å². The van der Waals surface area contributed by atoms with Gasteiger partial charge in [0.1, 0.15) is 17.5 Å². The normalized spacial score (nSPS) is 10.8. The molecule has 1 aromatic carbocycles. The van der Waals surface area contributed by atoms with Gasteiger partial charge in [-0.1, -0.05) is 17.7 Å². The van der Waals surface area contributed by atoms with Crippen LogP contribution in [-0.2, 0) is 11.3 Å². The number of nitrogens with zero attached hydrogens (tertiary/aromatic N) is 1. The Morgan fingerprint density at radius 1 is 1.28 bits per heavy atom. The maximum Gasteiger partial charge on any atom is 0.355 e. The van der Waals surface area contributed by atoms with Crippen LogP contribution >= 0.6 is 23.4 Å². The molecule has 0 radical (unpaired) electrons. The fourth-order valence-electron chi connectivity index (χ4n) is 2.33. The van der Waals surface area contributed by atoms with Crippen molar-refractivity contribution >= 4 is 46.0 Å². The van der Waals surface area contributed by atoms with Crippen LogP contribution in [0.5, 0.6) is 0 Å². The summed E-state index contributed by atoms with van der Waals surface area (Å²) in [6.07, 6.45) is 3.47. The first kappa shape index (κ1) is 17.5. The number of benzene rings is 1. The predicted molar refractivity (Wildman–Crippen MR) is 98.5 cm³/mol. The van der Waals surface area contributed by atoms with Crippen molar-refractivity contribution in [2.75, 3.05) is 6.26 Å². The largest absolute Gasteiger partial charge is 0.456 e. The first-order chi connectivity index (χ1) is 12.0. The Hall–Kier alpha value is -2.31. The molecular formula is C18H15ClN2O3S. The minimum absolute atomic E-state index is 0.000684. The third-order valence-electron chi connectivity index (χ3n) is 3.72. The van der Waals surface area contributed by atoms with Crippen molar-refractivity contribution in [3.63, 3.8) is 0 Å². The van der Waals surface area contributed by atoms with Crippen molar-refractivity contribution < 1.29 is 14.3 Å². The van der Waals surface area contributed by atoms with E-state index in [-0.39, 0.29) is 18.1 Å². The topological polar surface area (TPSA) is 72.1 Å². The van der Waals surface area contributed by atoms with Gasteiger partial charge in [-0.3, -0.25) is 4.79 Å². The highest BCUT2D eigenvalue weighted by atomic mass is 35.5. The Kier molecular flexibility index (Phi) is 5.11. The molecule has 0 saturated carbocycles. The van der Waals surface area contributed by atoms with Crippen molar-refractivity contribution in [2.45, 2.75) is 18.4 Å². The van der Waals surface area contributed by atoms with Gasteiger partial charge in [0.2, 0.25) is 0 Å². The molecule has 1 N–H and O–H groups in total. The van der Waals surface area contributed by atoms with Crippen molar-refractivity contribution in [2.24, 2.45) is 0 Å². The van der Waals surface area contributed by atoms with E-state index < -0.39 is 5.97 Å². The molecule has 0 unspecified atom stereocenters. The average molecular weight is 375 g/mol. The number of fused-ring (bicyclic) bond motifs is 1. The summed E-state index contributed by atoms with van der Waals surface area (Å²) >= 11 is 7.84. The van der Waals surface area contributed by atoms with Crippen molar-refractivity contribution in [1.82, 2.24) is 9.97 Å². The Bertz CT molecular complexity index is 968. The van der Waals surface area contributed by atoms with Crippen LogP contribution in [0.4, 0.5) is 0 Å². The van der Waals surface area contributed by atoms with Crippen LogP contribution in [0.1, 0.15) is 33.3 Å². The minimum atomic E-state index is -0.554. The molecular weight excluding hydrogens is 360 g/mol. The van der Waals surface area contributed by atoms with Crippen LogP contribution in [0, 0.1) is 0 Å². The number of rotatable bonds is 5. The molecule has 0 aliphatic carbocycles. The number of pyridine rings is 1. The lowest BCUT2D eigenvalue weighted by molar-refractivity contribution is 0.0466. The van der Waals surface area contributed by atoms with Gasteiger partial charge >= 0.3 is 5.97 Å². The molecule has 128 valence electrons. The fraction of sp³-hybridized carbons (Fsp3) is 0.167. The highest BCUT2D eigenvalue weighted by Gasteiger charge is 2.14. The molecule has 0 spiro atoms. The van der Waals surface area contributed by atoms with E-state index in [0.717, 1.165) is 15.8 Å². The van der Waals surface area contributed by atoms with Gasteiger partial charge in [-0.2, -0.15) is 0 Å². The van der Waals surface area contributed by atoms with E-state index in [1.807, 2.05) is 30.5 Å². The smallest absolute Gasteiger partial charge is 0.355 e. The molecule has 2 aromatic heterocycles. The summed E-state index contributed by atoms with van der Waals surface area (Å²) in [7, 11) is 0. The molecule has 3 rings (SSSR count). The zero-order valence-electron chi connectivity index (χ0n) is 13.6. The molecule has 25 heavy (non-hydrogen) atoms. The number of thioether (sulfide) groups is 1. The minimum Gasteiger partial charge on any atom is -0.456 e. The third kappa shape index (κ3) is 3.86. The second kappa shape index (κ2) is 7.29. The van der Waals surface area contributed by atoms with Gasteiger partial charge in [-0.15, -0.1) is 11.8 Å². The second-order valence-corrected chi connectivity index (χ2v) is 6.67. The Labute approximate surface area is 153 Å². The first-order valence-corrected chi connectivity index (χ1v) is 9.08. The lowest BCUT2D eigenvalue weighted by atomic mass is 10.1. The molecule has 0 aliphatic rings. The van der Waals surface area contributed by atoms with Crippen LogP contribution in [-0.4, -0.2) is 28.0 Å². The Morgan fingerprint density at radius 2 is 2.08 bits per heavy atom. The van der Waals surface area contributed by atoms with Crippen molar-refractivity contribution in [3.05, 3.63) is 58.5 Å². The number of carbonyl (C=O) groups excluding carboxylic acids is 2. The highest BCUT2D eigenvalue weighted by molar-refractivity contribution is 7.98. The SMILES string of the molecule is CSc1ccc2cc(COC(=O)c3cc(C(C)=O)c[nH]3)c(Cl)nc2c1. The molecule has 0 aliphatic heterocycles. The number of carbonyl (C=O) groups is 2. The quantitative estimate of drug-likeness (QED) is 0.308. The van der Waals surface area contributed by atoms with Crippen LogP contribution in [0.25, 0.3) is 10.9 Å². The van der Waals surface area contributed by atoms with Crippen LogP contribution in [0.15, 0.2) is 41.4 Å². The standard InChI is InChI=1S/C18H15ClN2O3S/c1-10(22)12-6-16(20-8-12)18(23)24-9-13-5-11-3-4-14(25-2)7-15(11)21-17(13)19/h3-8,20H,9H2,1-2H3. The summed E-state index contributed by atoms with van der Waals surface area (Å²) in [5, 5.41) is 1.22. The van der Waals surface area contributed by atoms with Gasteiger partial charge in [0.25, 0.3) is 0 Å². The fourth-order valence-corrected chi connectivity index (χ4v) is 2.97. The predicted octanol–water partition coefficient (Wildman–Crippen LogP) is 4.50. The number of ketones is 1. The van der Waals surface area contributed by atoms with Gasteiger partial charge in [-0.25, -0.2) is 9.78 Å². The summed E-state index contributed by atoms with van der Waals surface area (Å²) in [5.74, 6) is -0.678. The number of hydrogen-bond acceptors (Lipinski definition) is 5. The first-order valence-electron chi connectivity index (χ1n) is 7.47. The van der Waals surface area contributed by atoms with E-state index in [4.69, 9.17) is 16.3 Å². The molecule has 0 saturated heterocycles. The number of halogens is 1. The zero-order chi connectivity index (χ0) is 18.0. The van der Waals surface area contributed by atoms with E-state index in [1.165, 1.54) is 19.2 Å². The van der Waals surface area contributed by atoms with Gasteiger partial charge < -0.3 is 9.72 Å². The maximum atomic E-state index is 12.1. The number of Topliss-reactive ketones (excluding diaryl/α,β-unsaturated/α-hetero) is 1. The van der Waals surface area contributed by atoms with Crippen LogP contribution in [0.2, 0.25) is 5.15 Å². The van der Waals surface area contributed by atoms with Gasteiger partial charge in [0, 0.05) is 27.6 Å². The molecule has 5 nitrogen and oxygen atoms in total. The summed E-state index contributed by atoms with van der Waals surface area (Å²) in [4.78, 5) is 31.6. The molecule has 0 amide bonds. The number of H-pyrrole nitrogens is 1. The average Bonchev–Trinajstić information content (AvgIpc) is 3.09. The lowest BCUT2D eigenvalue weighted by Gasteiger charge is -2.08. The Balaban J connectivity index is 1.76. The molecule has 2 heterocycles. The number of hydrogen-bond donors (Lipinski definition) is 1. The number of esters is 1. The van der Waals surface area contributed by atoms with E-state index in [1.54, 1.807) is 11.8 Å². The summed E-state index contributed by atoms with van der Waals surface area (Å²) in [6, 6.07) is 9.25. The molecule has 7 heteroatoms. The molecule has 0 atom stereocenters. The monoisotopic (exact) mass is 374 g/mol. The number of aromatic nitrogens is 2. The number of nitrogens with one attached hydrogen (secondary N) is 1. The third-order valence-corrected chi connectivity index (χ3v) is 4.77. The van der Waals surface area contributed by atoms with Gasteiger partial charge in [0.05, 0.1) is 5.52 Å². The van der Waals surface area contributed by atoms with E-state index >= 15 is 0 Å². The highest BCUT2D eigenvalue weighted by Crippen LogP contribution is 2.25. The van der Waals surface area contributed by atoms with Crippen LogP contribution < -0.4 is 0 Å². The number of aromatic amines is 1. The summed E-state index contributed by atoms with van der Waals surface area (Å²) in [5.41, 5.74) is 2.07. The zero-order valence-corrected chi connectivity index (χ0v) is 15.2. The van der Waals surface area contributed by atoms with Crippen molar-refractivity contribution in [1.29, 1.82) is 0 Å².